The van der Waals surface area contributed by atoms with Gasteiger partial charge in [0.25, 0.3) is 0 Å². The van der Waals surface area contributed by atoms with E-state index in [1.54, 1.807) is 32.0 Å². The molecule has 4 N–H and O–H groups in total. The predicted molar refractivity (Wildman–Crippen MR) is 100 cm³/mol. The minimum absolute atomic E-state index is 0.000892. The Morgan fingerprint density at radius 2 is 2.00 bits per heavy atom. The number of anilines is 1. The van der Waals surface area contributed by atoms with Crippen LogP contribution in [0.4, 0.5) is 5.69 Å². The van der Waals surface area contributed by atoms with Crippen LogP contribution in [0.5, 0.6) is 5.75 Å². The number of rotatable bonds is 7. The van der Waals surface area contributed by atoms with Crippen molar-refractivity contribution in [2.24, 2.45) is 5.41 Å². The Balaban J connectivity index is 2.47. The van der Waals surface area contributed by atoms with Gasteiger partial charge in [0.05, 0.1) is 27.7 Å². The number of hydrogen-bond acceptors (Lipinski definition) is 5. The molecule has 1 amide bonds. The first-order valence-corrected chi connectivity index (χ1v) is 8.58. The third-order valence-corrected chi connectivity index (χ3v) is 4.18. The summed E-state index contributed by atoms with van der Waals surface area (Å²) in [6.45, 7) is 7.90. The molecule has 0 aliphatic carbocycles. The first-order chi connectivity index (χ1) is 12.2. The van der Waals surface area contributed by atoms with Crippen LogP contribution in [-0.4, -0.2) is 35.1 Å². The van der Waals surface area contributed by atoms with Crippen LogP contribution in [0.2, 0.25) is 0 Å². The highest BCUT2D eigenvalue weighted by atomic mass is 16.5. The summed E-state index contributed by atoms with van der Waals surface area (Å²) in [5.41, 5.74) is 6.54. The van der Waals surface area contributed by atoms with E-state index in [-0.39, 0.29) is 23.8 Å². The van der Waals surface area contributed by atoms with E-state index in [0.717, 1.165) is 0 Å². The first kappa shape index (κ1) is 19.5. The van der Waals surface area contributed by atoms with E-state index in [2.05, 4.69) is 10.3 Å². The average Bonchev–Trinajstić information content (AvgIpc) is 2.59. The van der Waals surface area contributed by atoms with Crippen molar-refractivity contribution in [3.8, 4) is 5.75 Å². The molecule has 0 aliphatic rings. The summed E-state index contributed by atoms with van der Waals surface area (Å²) in [7, 11) is 0. The van der Waals surface area contributed by atoms with Crippen molar-refractivity contribution >= 4 is 28.5 Å². The molecular weight excluding hydrogens is 334 g/mol. The average molecular weight is 359 g/mol. The van der Waals surface area contributed by atoms with E-state index in [4.69, 9.17) is 10.5 Å². The second-order valence-electron chi connectivity index (χ2n) is 6.69. The minimum atomic E-state index is -1.12. The summed E-state index contributed by atoms with van der Waals surface area (Å²) in [5, 5.41) is 12.7. The number of carboxylic acids is 1. The topological polar surface area (TPSA) is 115 Å². The van der Waals surface area contributed by atoms with Crippen LogP contribution >= 0.6 is 0 Å². The number of aryl methyl sites for hydroxylation is 1. The summed E-state index contributed by atoms with van der Waals surface area (Å²) in [6, 6.07) is 5.23. The Hall–Kier alpha value is -2.83. The zero-order chi connectivity index (χ0) is 19.5. The number of carbonyl (C=O) groups is 2. The quantitative estimate of drug-likeness (QED) is 0.700. The Bertz CT molecular complexity index is 846. The molecule has 1 aromatic heterocycles. The number of fused-ring (bicyclic) bond motifs is 1. The van der Waals surface area contributed by atoms with Crippen LogP contribution in [0.15, 0.2) is 18.2 Å². The van der Waals surface area contributed by atoms with Crippen molar-refractivity contribution in [2.75, 3.05) is 18.9 Å². The maximum atomic E-state index is 12.1. The number of amides is 1. The van der Waals surface area contributed by atoms with Crippen molar-refractivity contribution in [1.29, 1.82) is 0 Å². The van der Waals surface area contributed by atoms with Crippen molar-refractivity contribution < 1.29 is 19.4 Å². The Morgan fingerprint density at radius 3 is 2.58 bits per heavy atom. The summed E-state index contributed by atoms with van der Waals surface area (Å²) in [5.74, 6) is -0.827. The highest BCUT2D eigenvalue weighted by Crippen LogP contribution is 2.34. The van der Waals surface area contributed by atoms with Gasteiger partial charge < -0.3 is 20.9 Å². The summed E-state index contributed by atoms with van der Waals surface area (Å²) in [6.07, 6.45) is 0.455. The number of aromatic nitrogens is 1. The number of carboxylic acid groups (broad SMARTS) is 1. The number of nitrogens with zero attached hydrogens (tertiary/aromatic N) is 1. The molecule has 1 heterocycles. The van der Waals surface area contributed by atoms with Crippen LogP contribution < -0.4 is 15.8 Å². The van der Waals surface area contributed by atoms with Gasteiger partial charge in [-0.3, -0.25) is 9.78 Å². The van der Waals surface area contributed by atoms with Gasteiger partial charge in [-0.15, -0.1) is 0 Å². The first-order valence-electron chi connectivity index (χ1n) is 8.58. The second-order valence-corrected chi connectivity index (χ2v) is 6.69. The van der Waals surface area contributed by atoms with Crippen LogP contribution in [0, 0.1) is 5.41 Å². The lowest BCUT2D eigenvalue weighted by Crippen LogP contribution is -2.40. The fourth-order valence-corrected chi connectivity index (χ4v) is 2.70. The minimum Gasteiger partial charge on any atom is -0.492 e. The zero-order valence-corrected chi connectivity index (χ0v) is 15.5. The lowest BCUT2D eigenvalue weighted by atomic mass is 9.93. The van der Waals surface area contributed by atoms with Crippen molar-refractivity contribution in [1.82, 2.24) is 10.3 Å². The summed E-state index contributed by atoms with van der Waals surface area (Å²) >= 11 is 0. The van der Waals surface area contributed by atoms with E-state index in [1.807, 2.05) is 13.8 Å². The number of nitrogen functional groups attached to an aromatic ring is 1. The van der Waals surface area contributed by atoms with E-state index < -0.39 is 11.4 Å². The number of aromatic carboxylic acids is 1. The molecule has 0 spiro atoms. The Labute approximate surface area is 152 Å². The van der Waals surface area contributed by atoms with Crippen LogP contribution in [0.25, 0.3) is 10.9 Å². The van der Waals surface area contributed by atoms with Gasteiger partial charge in [-0.25, -0.2) is 4.79 Å². The monoisotopic (exact) mass is 359 g/mol. The number of hydrogen-bond donors (Lipinski definition) is 3. The van der Waals surface area contributed by atoms with E-state index in [9.17, 15) is 14.7 Å². The molecule has 0 fully saturated rings. The molecule has 0 saturated carbocycles. The molecule has 0 unspecified atom stereocenters. The second kappa shape index (κ2) is 7.59. The van der Waals surface area contributed by atoms with Crippen LogP contribution in [0.3, 0.4) is 0 Å². The smallest absolute Gasteiger partial charge is 0.339 e. The number of ether oxygens (including phenoxy) is 1. The van der Waals surface area contributed by atoms with Gasteiger partial charge in [0.1, 0.15) is 17.9 Å². The number of pyridine rings is 1. The Kier molecular flexibility index (Phi) is 5.69. The fraction of sp³-hybridized carbons (Fsp3) is 0.421. The third-order valence-electron chi connectivity index (χ3n) is 4.18. The molecule has 26 heavy (non-hydrogen) atoms. The predicted octanol–water partition coefficient (Wildman–Crippen LogP) is 2.62. The molecule has 0 saturated heterocycles. The van der Waals surface area contributed by atoms with Crippen molar-refractivity contribution in [2.45, 2.75) is 34.1 Å². The molecule has 7 heteroatoms. The van der Waals surface area contributed by atoms with Gasteiger partial charge in [-0.2, -0.15) is 0 Å². The van der Waals surface area contributed by atoms with E-state index >= 15 is 0 Å². The van der Waals surface area contributed by atoms with Crippen LogP contribution in [-0.2, 0) is 11.2 Å². The SMILES string of the molecule is CCNC(=O)C(C)(C)COc1cccc2nc(CC)c(C(=O)O)c(N)c12. The maximum absolute atomic E-state index is 12.1. The molecule has 0 radical (unpaired) electrons. The summed E-state index contributed by atoms with van der Waals surface area (Å²) < 4.78 is 5.87. The molecular formula is C19H25N3O4. The van der Waals surface area contributed by atoms with E-state index in [0.29, 0.717) is 35.3 Å². The maximum Gasteiger partial charge on any atom is 0.339 e. The molecule has 0 atom stereocenters. The highest BCUT2D eigenvalue weighted by Gasteiger charge is 2.29. The van der Waals surface area contributed by atoms with Gasteiger partial charge in [0.2, 0.25) is 5.91 Å². The highest BCUT2D eigenvalue weighted by molar-refractivity contribution is 6.06. The molecule has 0 aliphatic heterocycles. The van der Waals surface area contributed by atoms with Gasteiger partial charge in [-0.05, 0) is 39.3 Å². The van der Waals surface area contributed by atoms with Gasteiger partial charge in [-0.1, -0.05) is 13.0 Å². The molecule has 1 aromatic carbocycles. The third kappa shape index (κ3) is 3.71. The van der Waals surface area contributed by atoms with Crippen LogP contribution in [0.1, 0.15) is 43.7 Å². The van der Waals surface area contributed by atoms with Crippen molar-refractivity contribution in [3.63, 3.8) is 0 Å². The zero-order valence-electron chi connectivity index (χ0n) is 15.5. The number of carbonyl (C=O) groups excluding carboxylic acids is 1. The molecule has 0 bridgehead atoms. The fourth-order valence-electron chi connectivity index (χ4n) is 2.70. The number of benzene rings is 1. The number of nitrogens with two attached hydrogens (primary N) is 1. The van der Waals surface area contributed by atoms with Crippen molar-refractivity contribution in [3.05, 3.63) is 29.5 Å². The lowest BCUT2D eigenvalue weighted by Gasteiger charge is -2.24. The van der Waals surface area contributed by atoms with Gasteiger partial charge in [0.15, 0.2) is 0 Å². The Morgan fingerprint density at radius 1 is 1.31 bits per heavy atom. The molecule has 2 rings (SSSR count). The van der Waals surface area contributed by atoms with Gasteiger partial charge >= 0.3 is 5.97 Å². The molecule has 140 valence electrons. The standard InChI is InChI=1S/C19H25N3O4/c1-5-11-15(17(23)24)16(20)14-12(22-11)8-7-9-13(14)26-10-19(3,4)18(25)21-6-2/h7-9H,5-6,10H2,1-4H3,(H2,20,22)(H,21,25)(H,23,24). The summed E-state index contributed by atoms with van der Waals surface area (Å²) in [4.78, 5) is 28.2. The molecule has 2 aromatic rings. The lowest BCUT2D eigenvalue weighted by molar-refractivity contribution is -0.130. The normalized spacial score (nSPS) is 11.4. The largest absolute Gasteiger partial charge is 0.492 e. The molecule has 7 nitrogen and oxygen atoms in total. The number of nitrogens with one attached hydrogen (secondary N) is 1. The van der Waals surface area contributed by atoms with E-state index in [1.165, 1.54) is 0 Å². The van der Waals surface area contributed by atoms with Gasteiger partial charge in [0, 0.05) is 6.54 Å².